The van der Waals surface area contributed by atoms with Crippen LogP contribution in [0.4, 0.5) is 14.5 Å². The number of aryl methyl sites for hydroxylation is 1. The summed E-state index contributed by atoms with van der Waals surface area (Å²) in [6.45, 7) is 0.604. The molecule has 2 aromatic rings. The highest BCUT2D eigenvalue weighted by molar-refractivity contribution is 7.91. The molecule has 0 bridgehead atoms. The average Bonchev–Trinajstić information content (AvgIpc) is 2.45. The predicted octanol–water partition coefficient (Wildman–Crippen LogP) is 2.10. The number of sulfone groups is 1. The van der Waals surface area contributed by atoms with E-state index in [1.807, 2.05) is 0 Å². The topological polar surface area (TPSA) is 129 Å². The zero-order valence-corrected chi connectivity index (χ0v) is 14.2. The molecular weight excluding hydrogens is 382 g/mol. The van der Waals surface area contributed by atoms with E-state index < -0.39 is 59.6 Å². The number of rotatable bonds is 5. The number of hydrogen-bond acceptors (Lipinski definition) is 7. The van der Waals surface area contributed by atoms with Crippen LogP contribution >= 0.6 is 11.6 Å². The second-order valence-electron chi connectivity index (χ2n) is 4.87. The molecule has 2 rings (SSSR count). The lowest BCUT2D eigenvalue weighted by Crippen LogP contribution is -2.26. The van der Waals surface area contributed by atoms with Crippen LogP contribution < -0.4 is 5.73 Å². The van der Waals surface area contributed by atoms with Gasteiger partial charge in [0.05, 0.1) is 4.92 Å². The van der Waals surface area contributed by atoms with Gasteiger partial charge in [-0.2, -0.15) is 0 Å². The van der Waals surface area contributed by atoms with Gasteiger partial charge in [-0.05, 0) is 19.1 Å². The van der Waals surface area contributed by atoms with Gasteiger partial charge in [0.1, 0.15) is 33.3 Å². The van der Waals surface area contributed by atoms with Crippen LogP contribution in [0.1, 0.15) is 16.8 Å². The monoisotopic (exact) mass is 392 g/mol. The minimum Gasteiger partial charge on any atom is -0.329 e. The van der Waals surface area contributed by atoms with Crippen molar-refractivity contribution < 1.29 is 22.1 Å². The Morgan fingerprint density at radius 3 is 2.36 bits per heavy atom. The van der Waals surface area contributed by atoms with E-state index in [0.29, 0.717) is 0 Å². The highest BCUT2D eigenvalue weighted by Crippen LogP contribution is 2.37. The Hall–Kier alpha value is -2.24. The number of nitro groups is 1. The molecule has 0 amide bonds. The minimum atomic E-state index is -4.78. The molecule has 8 nitrogen and oxygen atoms in total. The average molecular weight is 393 g/mol. The van der Waals surface area contributed by atoms with Crippen LogP contribution in [-0.4, -0.2) is 29.9 Å². The third kappa shape index (κ3) is 3.43. The normalized spacial score (nSPS) is 12.8. The van der Waals surface area contributed by atoms with Crippen molar-refractivity contribution in [3.63, 3.8) is 0 Å². The fourth-order valence-corrected chi connectivity index (χ4v) is 4.19. The molecule has 12 heteroatoms. The lowest BCUT2D eigenvalue weighted by molar-refractivity contribution is -0.386. The fraction of sp³-hybridized carbons (Fsp3) is 0.231. The first-order valence-corrected chi connectivity index (χ1v) is 8.60. The van der Waals surface area contributed by atoms with Gasteiger partial charge in [0.15, 0.2) is 9.84 Å². The zero-order chi connectivity index (χ0) is 18.9. The van der Waals surface area contributed by atoms with E-state index in [4.69, 9.17) is 17.3 Å². The SMILES string of the molecule is Cc1nc(Cl)c([N+](=O)[O-])c(C(CN)S(=O)(=O)c2c(F)cccc2F)n1. The molecule has 1 unspecified atom stereocenters. The summed E-state index contributed by atoms with van der Waals surface area (Å²) in [5.41, 5.74) is 3.93. The molecule has 134 valence electrons. The van der Waals surface area contributed by atoms with E-state index in [1.54, 1.807) is 0 Å². The third-order valence-corrected chi connectivity index (χ3v) is 5.65. The van der Waals surface area contributed by atoms with E-state index >= 15 is 0 Å². The van der Waals surface area contributed by atoms with E-state index in [0.717, 1.165) is 18.2 Å². The van der Waals surface area contributed by atoms with Crippen molar-refractivity contribution in [2.24, 2.45) is 5.73 Å². The largest absolute Gasteiger partial charge is 0.329 e. The molecule has 0 saturated heterocycles. The second kappa shape index (κ2) is 6.94. The first kappa shape index (κ1) is 19.1. The number of benzene rings is 1. The summed E-state index contributed by atoms with van der Waals surface area (Å²) in [5, 5.41) is 8.74. The van der Waals surface area contributed by atoms with Crippen molar-refractivity contribution in [1.29, 1.82) is 0 Å². The smallest absolute Gasteiger partial charge is 0.329 e. The van der Waals surface area contributed by atoms with E-state index in [1.165, 1.54) is 6.92 Å². The molecule has 0 aliphatic carbocycles. The summed E-state index contributed by atoms with van der Waals surface area (Å²) in [7, 11) is -4.78. The molecule has 1 aromatic heterocycles. The first-order chi connectivity index (χ1) is 11.6. The number of nitrogens with two attached hydrogens (primary N) is 1. The molecule has 0 aliphatic heterocycles. The van der Waals surface area contributed by atoms with E-state index in [-0.39, 0.29) is 5.82 Å². The highest BCUT2D eigenvalue weighted by Gasteiger charge is 2.39. The predicted molar refractivity (Wildman–Crippen MR) is 83.8 cm³/mol. The standard InChI is InChI=1S/C13H11ClF2N4O4S/c1-6-18-10(11(20(21)22)13(14)19-6)9(5-17)25(23,24)12-7(15)3-2-4-8(12)16/h2-4,9H,5,17H2,1H3. The van der Waals surface area contributed by atoms with Gasteiger partial charge in [0.25, 0.3) is 0 Å². The highest BCUT2D eigenvalue weighted by atomic mass is 35.5. The van der Waals surface area contributed by atoms with Crippen molar-refractivity contribution >= 4 is 27.1 Å². The molecule has 0 aliphatic rings. The van der Waals surface area contributed by atoms with Gasteiger partial charge in [-0.3, -0.25) is 10.1 Å². The summed E-state index contributed by atoms with van der Waals surface area (Å²) < 4.78 is 53.3. The van der Waals surface area contributed by atoms with Crippen LogP contribution in [0.5, 0.6) is 0 Å². The minimum absolute atomic E-state index is 0.0618. The van der Waals surface area contributed by atoms with Crippen LogP contribution in [0, 0.1) is 28.7 Å². The lowest BCUT2D eigenvalue weighted by atomic mass is 10.2. The maximum Gasteiger partial charge on any atom is 0.329 e. The van der Waals surface area contributed by atoms with Crippen molar-refractivity contribution in [1.82, 2.24) is 9.97 Å². The molecule has 1 heterocycles. The van der Waals surface area contributed by atoms with Gasteiger partial charge in [-0.15, -0.1) is 0 Å². The number of hydrogen-bond donors (Lipinski definition) is 1. The molecule has 2 N–H and O–H groups in total. The van der Waals surface area contributed by atoms with Gasteiger partial charge in [0, 0.05) is 6.54 Å². The van der Waals surface area contributed by atoms with Gasteiger partial charge in [-0.25, -0.2) is 27.2 Å². The Morgan fingerprint density at radius 2 is 1.88 bits per heavy atom. The first-order valence-electron chi connectivity index (χ1n) is 6.67. The number of nitrogens with zero attached hydrogens (tertiary/aromatic N) is 3. The lowest BCUT2D eigenvalue weighted by Gasteiger charge is -2.17. The maximum atomic E-state index is 13.9. The van der Waals surface area contributed by atoms with Gasteiger partial charge >= 0.3 is 5.69 Å². The maximum absolute atomic E-state index is 13.9. The summed E-state index contributed by atoms with van der Waals surface area (Å²) in [4.78, 5) is 16.3. The molecule has 1 atom stereocenters. The van der Waals surface area contributed by atoms with Crippen molar-refractivity contribution in [2.75, 3.05) is 6.54 Å². The van der Waals surface area contributed by atoms with E-state index in [2.05, 4.69) is 9.97 Å². The summed E-state index contributed by atoms with van der Waals surface area (Å²) in [5.74, 6) is -2.76. The Bertz CT molecular complexity index is 935. The molecule has 0 radical (unpaired) electrons. The molecular formula is C13H11ClF2N4O4S. The second-order valence-corrected chi connectivity index (χ2v) is 7.30. The molecule has 0 saturated carbocycles. The molecule has 1 aromatic carbocycles. The zero-order valence-electron chi connectivity index (χ0n) is 12.6. The van der Waals surface area contributed by atoms with Crippen LogP contribution in [-0.2, 0) is 9.84 Å². The molecule has 0 spiro atoms. The molecule has 0 fully saturated rings. The quantitative estimate of drug-likeness (QED) is 0.468. The van der Waals surface area contributed by atoms with Crippen molar-refractivity contribution in [2.45, 2.75) is 17.1 Å². The van der Waals surface area contributed by atoms with Gasteiger partial charge in [0.2, 0.25) is 5.15 Å². The summed E-state index contributed by atoms with van der Waals surface area (Å²) >= 11 is 5.71. The summed E-state index contributed by atoms with van der Waals surface area (Å²) in [6.07, 6.45) is 0. The van der Waals surface area contributed by atoms with Crippen LogP contribution in [0.3, 0.4) is 0 Å². The Kier molecular flexibility index (Phi) is 5.30. The molecule has 25 heavy (non-hydrogen) atoms. The Morgan fingerprint density at radius 1 is 1.32 bits per heavy atom. The van der Waals surface area contributed by atoms with E-state index in [9.17, 15) is 27.3 Å². The Balaban J connectivity index is 2.79. The van der Waals surface area contributed by atoms with Crippen LogP contribution in [0.15, 0.2) is 23.1 Å². The summed E-state index contributed by atoms with van der Waals surface area (Å²) in [6, 6.07) is 2.47. The number of aromatic nitrogens is 2. The fourth-order valence-electron chi connectivity index (χ4n) is 2.23. The third-order valence-electron chi connectivity index (χ3n) is 3.26. The van der Waals surface area contributed by atoms with Gasteiger partial charge < -0.3 is 5.73 Å². The van der Waals surface area contributed by atoms with Crippen LogP contribution in [0.2, 0.25) is 5.15 Å². The van der Waals surface area contributed by atoms with Gasteiger partial charge in [-0.1, -0.05) is 17.7 Å². The number of halogens is 3. The van der Waals surface area contributed by atoms with Crippen LogP contribution in [0.25, 0.3) is 0 Å². The Labute approximate surface area is 145 Å². The van der Waals surface area contributed by atoms with Crippen molar-refractivity contribution in [3.05, 3.63) is 56.6 Å². The van der Waals surface area contributed by atoms with Crippen molar-refractivity contribution in [3.8, 4) is 0 Å².